The van der Waals surface area contributed by atoms with Crippen molar-refractivity contribution in [2.75, 3.05) is 26.7 Å². The van der Waals surface area contributed by atoms with Gasteiger partial charge in [-0.25, -0.2) is 0 Å². The minimum atomic E-state index is -0.288. The van der Waals surface area contributed by atoms with E-state index in [1.807, 2.05) is 32.9 Å². The number of hydrogen-bond donors (Lipinski definition) is 1. The Labute approximate surface area is 167 Å². The fourth-order valence-electron chi connectivity index (χ4n) is 4.10. The fraction of sp³-hybridized carbons (Fsp3) is 0.545. The number of carbonyl (C=O) groups excluding carboxylic acids is 1. The van der Waals surface area contributed by atoms with Crippen LogP contribution in [-0.4, -0.2) is 42.7 Å². The van der Waals surface area contributed by atoms with Crippen molar-refractivity contribution < 1.29 is 14.1 Å². The number of piperidine rings is 1. The van der Waals surface area contributed by atoms with Gasteiger partial charge in [-0.15, -0.1) is 0 Å². The topological polar surface area (TPSA) is 67.6 Å². The molecule has 0 bridgehead atoms. The maximum atomic E-state index is 12.8. The first-order chi connectivity index (χ1) is 13.5. The van der Waals surface area contributed by atoms with Crippen LogP contribution in [0, 0.1) is 13.8 Å². The summed E-state index contributed by atoms with van der Waals surface area (Å²) in [5, 5.41) is 7.15. The van der Waals surface area contributed by atoms with Gasteiger partial charge in [-0.1, -0.05) is 23.7 Å². The zero-order valence-electron chi connectivity index (χ0n) is 17.3. The summed E-state index contributed by atoms with van der Waals surface area (Å²) in [7, 11) is 1.67. The summed E-state index contributed by atoms with van der Waals surface area (Å²) in [6.45, 7) is 8.35. The fourth-order valence-corrected chi connectivity index (χ4v) is 4.10. The number of amides is 1. The summed E-state index contributed by atoms with van der Waals surface area (Å²) in [6, 6.07) is 8.33. The number of hydrogen-bond acceptors (Lipinski definition) is 5. The second kappa shape index (κ2) is 9.24. The van der Waals surface area contributed by atoms with Crippen molar-refractivity contribution in [1.82, 2.24) is 15.4 Å². The molecule has 3 rings (SSSR count). The summed E-state index contributed by atoms with van der Waals surface area (Å²) in [4.78, 5) is 15.3. The van der Waals surface area contributed by atoms with Gasteiger partial charge in [0.2, 0.25) is 5.91 Å². The molecule has 2 heterocycles. The number of aryl methyl sites for hydroxylation is 2. The van der Waals surface area contributed by atoms with Gasteiger partial charge >= 0.3 is 0 Å². The maximum absolute atomic E-state index is 12.8. The minimum Gasteiger partial charge on any atom is -0.497 e. The lowest BCUT2D eigenvalue weighted by Gasteiger charge is -2.35. The van der Waals surface area contributed by atoms with E-state index in [1.165, 1.54) is 24.8 Å². The number of rotatable bonds is 7. The highest BCUT2D eigenvalue weighted by Gasteiger charge is 2.26. The standard InChI is InChI=1S/C22H31N3O3/c1-15(21-16(2)24-28-17(21)3)22(26)23-14-20(25-12-6-5-7-13-25)18-8-10-19(27-4)11-9-18/h8-11,15,20H,5-7,12-14H2,1-4H3,(H,23,26). The molecule has 2 unspecified atom stereocenters. The highest BCUT2D eigenvalue weighted by atomic mass is 16.5. The lowest BCUT2D eigenvalue weighted by Crippen LogP contribution is -2.41. The Bertz CT molecular complexity index is 759. The summed E-state index contributed by atoms with van der Waals surface area (Å²) in [6.07, 6.45) is 3.69. The Morgan fingerprint density at radius 3 is 2.46 bits per heavy atom. The molecule has 0 aliphatic carbocycles. The van der Waals surface area contributed by atoms with Crippen LogP contribution in [0.4, 0.5) is 0 Å². The van der Waals surface area contributed by atoms with Crippen LogP contribution in [0.3, 0.4) is 0 Å². The molecule has 6 heteroatoms. The predicted octanol–water partition coefficient (Wildman–Crippen LogP) is 3.75. The van der Waals surface area contributed by atoms with Gasteiger partial charge in [0.25, 0.3) is 0 Å². The molecule has 1 aliphatic heterocycles. The number of ether oxygens (including phenoxy) is 1. The van der Waals surface area contributed by atoms with E-state index in [9.17, 15) is 4.79 Å². The zero-order chi connectivity index (χ0) is 20.1. The molecule has 0 saturated carbocycles. The molecule has 1 aliphatic rings. The Hall–Kier alpha value is -2.34. The lowest BCUT2D eigenvalue weighted by molar-refractivity contribution is -0.122. The largest absolute Gasteiger partial charge is 0.497 e. The number of aromatic nitrogens is 1. The molecule has 1 saturated heterocycles. The van der Waals surface area contributed by atoms with Gasteiger partial charge in [-0.2, -0.15) is 0 Å². The van der Waals surface area contributed by atoms with Crippen molar-refractivity contribution in [3.8, 4) is 5.75 Å². The number of nitrogens with one attached hydrogen (secondary N) is 1. The van der Waals surface area contributed by atoms with Crippen molar-refractivity contribution >= 4 is 5.91 Å². The number of nitrogens with zero attached hydrogens (tertiary/aromatic N) is 2. The Morgan fingerprint density at radius 2 is 1.89 bits per heavy atom. The van der Waals surface area contributed by atoms with Crippen LogP contribution in [0.2, 0.25) is 0 Å². The van der Waals surface area contributed by atoms with Crippen LogP contribution in [0.1, 0.15) is 60.7 Å². The number of methoxy groups -OCH3 is 1. The monoisotopic (exact) mass is 385 g/mol. The van der Waals surface area contributed by atoms with Gasteiger partial charge in [0.15, 0.2) is 0 Å². The first-order valence-electron chi connectivity index (χ1n) is 10.1. The van der Waals surface area contributed by atoms with Gasteiger partial charge in [0.1, 0.15) is 11.5 Å². The molecule has 1 aromatic carbocycles. The highest BCUT2D eigenvalue weighted by Crippen LogP contribution is 2.27. The van der Waals surface area contributed by atoms with Crippen LogP contribution in [0.15, 0.2) is 28.8 Å². The average Bonchev–Trinajstić information content (AvgIpc) is 3.06. The van der Waals surface area contributed by atoms with Crippen molar-refractivity contribution in [2.45, 2.75) is 52.0 Å². The number of carbonyl (C=O) groups is 1. The Kier molecular flexibility index (Phi) is 6.73. The van der Waals surface area contributed by atoms with E-state index in [0.29, 0.717) is 12.3 Å². The highest BCUT2D eigenvalue weighted by molar-refractivity contribution is 5.83. The molecule has 1 aromatic heterocycles. The molecule has 0 spiro atoms. The summed E-state index contributed by atoms with van der Waals surface area (Å²) < 4.78 is 10.5. The van der Waals surface area contributed by atoms with Crippen LogP contribution in [-0.2, 0) is 4.79 Å². The third-order valence-corrected chi connectivity index (χ3v) is 5.72. The maximum Gasteiger partial charge on any atom is 0.227 e. The van der Waals surface area contributed by atoms with E-state index < -0.39 is 0 Å². The zero-order valence-corrected chi connectivity index (χ0v) is 17.3. The molecular weight excluding hydrogens is 354 g/mol. The van der Waals surface area contributed by atoms with E-state index in [2.05, 4.69) is 27.5 Å². The first-order valence-corrected chi connectivity index (χ1v) is 10.1. The quantitative estimate of drug-likeness (QED) is 0.786. The first kappa shape index (κ1) is 20.4. The molecular formula is C22H31N3O3. The van der Waals surface area contributed by atoms with E-state index in [1.54, 1.807) is 7.11 Å². The Balaban J connectivity index is 1.72. The van der Waals surface area contributed by atoms with Crippen molar-refractivity contribution in [1.29, 1.82) is 0 Å². The van der Waals surface area contributed by atoms with Crippen LogP contribution in [0.5, 0.6) is 5.75 Å². The summed E-state index contributed by atoms with van der Waals surface area (Å²) in [5.41, 5.74) is 2.87. The lowest BCUT2D eigenvalue weighted by atomic mass is 9.97. The molecule has 0 radical (unpaired) electrons. The SMILES string of the molecule is COc1ccc(C(CNC(=O)C(C)c2c(C)noc2C)N2CCCCC2)cc1. The van der Waals surface area contributed by atoms with Gasteiger partial charge < -0.3 is 14.6 Å². The van der Waals surface area contributed by atoms with Crippen molar-refractivity contribution in [3.05, 3.63) is 46.8 Å². The van der Waals surface area contributed by atoms with Crippen LogP contribution in [0.25, 0.3) is 0 Å². The Morgan fingerprint density at radius 1 is 1.21 bits per heavy atom. The van der Waals surface area contributed by atoms with E-state index >= 15 is 0 Å². The molecule has 152 valence electrons. The molecule has 2 aromatic rings. The van der Waals surface area contributed by atoms with Crippen LogP contribution < -0.4 is 10.1 Å². The van der Waals surface area contributed by atoms with E-state index in [4.69, 9.17) is 9.26 Å². The molecule has 1 N–H and O–H groups in total. The summed E-state index contributed by atoms with van der Waals surface area (Å²) >= 11 is 0. The average molecular weight is 386 g/mol. The van der Waals surface area contributed by atoms with E-state index in [0.717, 1.165) is 30.1 Å². The van der Waals surface area contributed by atoms with Gasteiger partial charge in [0.05, 0.1) is 24.8 Å². The van der Waals surface area contributed by atoms with Gasteiger partial charge in [-0.3, -0.25) is 9.69 Å². The second-order valence-corrected chi connectivity index (χ2v) is 7.59. The van der Waals surface area contributed by atoms with Crippen molar-refractivity contribution in [3.63, 3.8) is 0 Å². The third kappa shape index (κ3) is 4.55. The number of likely N-dealkylation sites (tertiary alicyclic amines) is 1. The molecule has 6 nitrogen and oxygen atoms in total. The summed E-state index contributed by atoms with van der Waals surface area (Å²) in [5.74, 6) is 1.27. The van der Waals surface area contributed by atoms with Crippen molar-refractivity contribution in [2.24, 2.45) is 0 Å². The molecule has 2 atom stereocenters. The molecule has 1 amide bonds. The normalized spacial score (nSPS) is 17.1. The predicted molar refractivity (Wildman–Crippen MR) is 109 cm³/mol. The third-order valence-electron chi connectivity index (χ3n) is 5.72. The smallest absolute Gasteiger partial charge is 0.227 e. The number of benzene rings is 1. The second-order valence-electron chi connectivity index (χ2n) is 7.59. The van der Waals surface area contributed by atoms with Gasteiger partial charge in [-0.05, 0) is 64.4 Å². The van der Waals surface area contributed by atoms with Gasteiger partial charge in [0, 0.05) is 12.1 Å². The molecule has 28 heavy (non-hydrogen) atoms. The molecule has 1 fully saturated rings. The minimum absolute atomic E-state index is 0.00456. The van der Waals surface area contributed by atoms with E-state index in [-0.39, 0.29) is 17.9 Å². The van der Waals surface area contributed by atoms with Crippen LogP contribution >= 0.6 is 0 Å².